The topological polar surface area (TPSA) is 137 Å². The molecule has 0 aliphatic heterocycles. The number of rotatable bonds is 10. The smallest absolute Gasteiger partial charge is 0.359 e. The van der Waals surface area contributed by atoms with Crippen LogP contribution in [0, 0.1) is 18.8 Å². The summed E-state index contributed by atoms with van der Waals surface area (Å²) in [6, 6.07) is 0.443. The molecule has 3 heterocycles. The van der Waals surface area contributed by atoms with Gasteiger partial charge in [0.2, 0.25) is 11.8 Å². The van der Waals surface area contributed by atoms with Gasteiger partial charge in [0.15, 0.2) is 17.4 Å². The third kappa shape index (κ3) is 6.85. The summed E-state index contributed by atoms with van der Waals surface area (Å²) >= 11 is 0. The molecule has 2 fully saturated rings. The van der Waals surface area contributed by atoms with E-state index in [1.54, 1.807) is 19.2 Å². The summed E-state index contributed by atoms with van der Waals surface area (Å²) in [7, 11) is 0. The van der Waals surface area contributed by atoms with Crippen molar-refractivity contribution in [3.63, 3.8) is 0 Å². The number of alkyl halides is 5. The summed E-state index contributed by atoms with van der Waals surface area (Å²) in [6.45, 7) is 1.63. The number of hydrogen-bond acceptors (Lipinski definition) is 8. The second kappa shape index (κ2) is 11.5. The van der Waals surface area contributed by atoms with Crippen LogP contribution in [0.25, 0.3) is 5.65 Å². The largest absolute Gasteiger partial charge is 0.414 e. The average molecular weight is 600 g/mol. The van der Waals surface area contributed by atoms with Gasteiger partial charge >= 0.3 is 6.18 Å². The van der Waals surface area contributed by atoms with Crippen molar-refractivity contribution in [3.05, 3.63) is 41.1 Å². The van der Waals surface area contributed by atoms with Crippen molar-refractivity contribution in [3.8, 4) is 0 Å². The zero-order valence-electron chi connectivity index (χ0n) is 22.8. The van der Waals surface area contributed by atoms with Crippen LogP contribution in [-0.4, -0.2) is 61.5 Å². The Kier molecular flexibility index (Phi) is 8.18. The van der Waals surface area contributed by atoms with Gasteiger partial charge in [-0.2, -0.15) is 18.3 Å². The van der Waals surface area contributed by atoms with Crippen molar-refractivity contribution < 1.29 is 40.9 Å². The summed E-state index contributed by atoms with van der Waals surface area (Å²) in [6.07, 6.45) is -2.24. The number of ether oxygens (including phenoxy) is 1. The molecule has 2 saturated carbocycles. The molecule has 0 saturated heterocycles. The van der Waals surface area contributed by atoms with E-state index in [9.17, 15) is 31.5 Å². The van der Waals surface area contributed by atoms with Crippen molar-refractivity contribution in [2.45, 2.75) is 82.7 Å². The molecule has 5 rings (SSSR count). The first-order valence-electron chi connectivity index (χ1n) is 13.6. The number of nitrogens with zero attached hydrogens (tertiary/aromatic N) is 5. The Bertz CT molecular complexity index is 1430. The lowest BCUT2D eigenvalue weighted by Gasteiger charge is -2.33. The fraction of sp³-hybridized carbons (Fsp3) is 0.615. The van der Waals surface area contributed by atoms with Crippen LogP contribution in [0.2, 0.25) is 0 Å². The summed E-state index contributed by atoms with van der Waals surface area (Å²) in [4.78, 5) is 30.1. The van der Waals surface area contributed by atoms with Crippen LogP contribution in [0.4, 0.5) is 22.0 Å². The van der Waals surface area contributed by atoms with Crippen LogP contribution in [0.1, 0.15) is 85.0 Å². The molecule has 3 aromatic heterocycles. The molecule has 0 unspecified atom stereocenters. The summed E-state index contributed by atoms with van der Waals surface area (Å²) in [5.74, 6) is -4.31. The lowest BCUT2D eigenvalue weighted by molar-refractivity contribution is -0.213. The highest BCUT2D eigenvalue weighted by Gasteiger charge is 2.40. The van der Waals surface area contributed by atoms with Gasteiger partial charge in [-0.25, -0.2) is 22.9 Å². The SMILES string of the molecule is Cc1nonc1C(=O)N[C@H](c1cn2ncc([C@H](NC(=O)CO[C@H](C)C(F)(F)F)C3CC3)cc2n1)C1CCC(F)(F)CC1. The number of amides is 2. The van der Waals surface area contributed by atoms with Gasteiger partial charge in [-0.05, 0) is 68.2 Å². The van der Waals surface area contributed by atoms with Gasteiger partial charge in [-0.3, -0.25) is 9.59 Å². The predicted octanol–water partition coefficient (Wildman–Crippen LogP) is 4.25. The maximum absolute atomic E-state index is 13.9. The van der Waals surface area contributed by atoms with Crippen molar-refractivity contribution in [2.75, 3.05) is 6.61 Å². The number of imidazole rings is 1. The Morgan fingerprint density at radius 1 is 1.12 bits per heavy atom. The maximum Gasteiger partial charge on any atom is 0.414 e. The number of hydrogen-bond donors (Lipinski definition) is 2. The van der Waals surface area contributed by atoms with Crippen LogP contribution >= 0.6 is 0 Å². The molecule has 228 valence electrons. The molecule has 16 heteroatoms. The Balaban J connectivity index is 1.36. The fourth-order valence-corrected chi connectivity index (χ4v) is 5.12. The number of aromatic nitrogens is 5. The fourth-order valence-electron chi connectivity index (χ4n) is 5.12. The molecular weight excluding hydrogens is 569 g/mol. The van der Waals surface area contributed by atoms with Crippen molar-refractivity contribution in [1.29, 1.82) is 0 Å². The monoisotopic (exact) mass is 599 g/mol. The minimum absolute atomic E-state index is 0.0260. The minimum atomic E-state index is -4.58. The highest BCUT2D eigenvalue weighted by molar-refractivity contribution is 5.93. The number of nitrogens with one attached hydrogen (secondary N) is 2. The molecule has 2 N–H and O–H groups in total. The van der Waals surface area contributed by atoms with Crippen molar-refractivity contribution in [2.24, 2.45) is 11.8 Å². The van der Waals surface area contributed by atoms with Gasteiger partial charge in [0.05, 0.1) is 30.2 Å². The van der Waals surface area contributed by atoms with E-state index in [1.165, 1.54) is 10.7 Å². The second-order valence-corrected chi connectivity index (χ2v) is 11.0. The number of halogens is 5. The zero-order chi connectivity index (χ0) is 30.2. The number of fused-ring (bicyclic) bond motifs is 1. The van der Waals surface area contributed by atoms with Gasteiger partial charge in [-0.1, -0.05) is 5.16 Å². The molecule has 42 heavy (non-hydrogen) atoms. The lowest BCUT2D eigenvalue weighted by Crippen LogP contribution is -2.37. The molecule has 2 aliphatic rings. The van der Waals surface area contributed by atoms with Crippen LogP contribution in [0.5, 0.6) is 0 Å². The summed E-state index contributed by atoms with van der Waals surface area (Å²) in [5.41, 5.74) is 1.63. The van der Waals surface area contributed by atoms with Gasteiger partial charge in [0, 0.05) is 12.8 Å². The standard InChI is InChI=1S/C26H30F5N7O4/c1-13-21(37-42-36-13)24(40)35-23(16-5-7-25(27,28)8-6-16)18-11-38-19(33-18)9-17(10-32-38)22(15-3-4-15)34-20(39)12-41-14(2)26(29,30)31/h9-11,14-16,22-23H,3-8,12H2,1-2H3,(H,34,39)(H,35,40)/t14-,22-,23+/m1/s1. The molecule has 0 radical (unpaired) electrons. The molecule has 0 bridgehead atoms. The van der Waals surface area contributed by atoms with Crippen LogP contribution < -0.4 is 10.6 Å². The molecule has 2 amide bonds. The quantitative estimate of drug-likeness (QED) is 0.330. The lowest BCUT2D eigenvalue weighted by atomic mass is 9.81. The Morgan fingerprint density at radius 3 is 2.43 bits per heavy atom. The average Bonchev–Trinajstić information content (AvgIpc) is 3.53. The first kappa shape index (κ1) is 29.8. The molecule has 2 aliphatic carbocycles. The summed E-state index contributed by atoms with van der Waals surface area (Å²) < 4.78 is 76.9. The first-order chi connectivity index (χ1) is 19.8. The zero-order valence-corrected chi connectivity index (χ0v) is 22.8. The second-order valence-electron chi connectivity index (χ2n) is 11.0. The molecule has 0 spiro atoms. The van der Waals surface area contributed by atoms with E-state index in [2.05, 4.69) is 40.4 Å². The van der Waals surface area contributed by atoms with E-state index in [-0.39, 0.29) is 48.9 Å². The van der Waals surface area contributed by atoms with Gasteiger partial charge in [0.1, 0.15) is 12.3 Å². The van der Waals surface area contributed by atoms with E-state index >= 15 is 0 Å². The van der Waals surface area contributed by atoms with Crippen molar-refractivity contribution >= 4 is 17.5 Å². The highest BCUT2D eigenvalue weighted by Crippen LogP contribution is 2.42. The minimum Gasteiger partial charge on any atom is -0.359 e. The molecule has 3 aromatic rings. The molecular formula is C26H30F5N7O4. The van der Waals surface area contributed by atoms with Crippen LogP contribution in [-0.2, 0) is 9.53 Å². The van der Waals surface area contributed by atoms with Crippen molar-refractivity contribution in [1.82, 2.24) is 35.5 Å². The van der Waals surface area contributed by atoms with E-state index in [0.717, 1.165) is 19.8 Å². The molecule has 0 aromatic carbocycles. The number of carbonyl (C=O) groups excluding carboxylic acids is 2. The first-order valence-corrected chi connectivity index (χ1v) is 13.6. The van der Waals surface area contributed by atoms with Crippen LogP contribution in [0.15, 0.2) is 23.1 Å². The third-order valence-electron chi connectivity index (χ3n) is 7.76. The normalized spacial score (nSPS) is 19.8. The van der Waals surface area contributed by atoms with E-state index in [4.69, 9.17) is 0 Å². The maximum atomic E-state index is 13.9. The van der Waals surface area contributed by atoms with Gasteiger partial charge in [0.25, 0.3) is 5.91 Å². The number of carbonyl (C=O) groups is 2. The van der Waals surface area contributed by atoms with Crippen LogP contribution in [0.3, 0.4) is 0 Å². The number of aryl methyl sites for hydroxylation is 1. The summed E-state index contributed by atoms with van der Waals surface area (Å²) in [5, 5.41) is 17.2. The predicted molar refractivity (Wildman–Crippen MR) is 134 cm³/mol. The van der Waals surface area contributed by atoms with E-state index in [0.29, 0.717) is 16.9 Å². The van der Waals surface area contributed by atoms with E-state index < -0.39 is 48.7 Å². The molecule has 11 nitrogen and oxygen atoms in total. The Hall–Kier alpha value is -3.69. The highest BCUT2D eigenvalue weighted by atomic mass is 19.4. The molecule has 3 atom stereocenters. The Labute approximate surface area is 236 Å². The van der Waals surface area contributed by atoms with Gasteiger partial charge in [-0.15, -0.1) is 0 Å². The van der Waals surface area contributed by atoms with E-state index in [1.807, 2.05) is 0 Å². The Morgan fingerprint density at radius 2 is 1.81 bits per heavy atom. The third-order valence-corrected chi connectivity index (χ3v) is 7.76. The van der Waals surface area contributed by atoms with Gasteiger partial charge < -0.3 is 15.4 Å².